The summed E-state index contributed by atoms with van der Waals surface area (Å²) in [7, 11) is 3.15. The van der Waals surface area contributed by atoms with Crippen LogP contribution in [0, 0.1) is 0 Å². The second kappa shape index (κ2) is 13.4. The highest BCUT2D eigenvalue weighted by molar-refractivity contribution is 6.08. The third kappa shape index (κ3) is 6.14. The van der Waals surface area contributed by atoms with E-state index >= 15 is 0 Å². The molecule has 1 aromatic heterocycles. The van der Waals surface area contributed by atoms with Gasteiger partial charge in [-0.05, 0) is 79.1 Å². The molecule has 49 heavy (non-hydrogen) atoms. The van der Waals surface area contributed by atoms with Gasteiger partial charge in [-0.1, -0.05) is 68.5 Å². The minimum absolute atomic E-state index is 0.0118. The van der Waals surface area contributed by atoms with E-state index in [4.69, 9.17) is 0 Å². The lowest BCUT2D eigenvalue weighted by atomic mass is 9.81. The van der Waals surface area contributed by atoms with E-state index in [-0.39, 0.29) is 24.3 Å². The van der Waals surface area contributed by atoms with Crippen LogP contribution in [0.5, 0.6) is 0 Å². The quantitative estimate of drug-likeness (QED) is 0.161. The number of benzene rings is 3. The molecule has 2 heterocycles. The minimum Gasteiger partial charge on any atom is -0.466 e. The normalized spacial score (nSPS) is 17.4. The number of carbonyl (C=O) groups excluding carboxylic acids is 4. The molecule has 7 rings (SSSR count). The third-order valence-electron chi connectivity index (χ3n) is 10.6. The Hall–Kier alpha value is -5.18. The van der Waals surface area contributed by atoms with Crippen molar-refractivity contribution in [3.05, 3.63) is 89.5 Å². The van der Waals surface area contributed by atoms with Crippen molar-refractivity contribution in [2.45, 2.75) is 75.8 Å². The molecule has 2 N–H and O–H groups in total. The first kappa shape index (κ1) is 32.4. The number of aromatic nitrogens is 1. The van der Waals surface area contributed by atoms with Crippen molar-refractivity contribution in [1.29, 1.82) is 0 Å². The van der Waals surface area contributed by atoms with Crippen LogP contribution in [0.15, 0.2) is 72.8 Å². The Morgan fingerprint density at radius 1 is 0.918 bits per heavy atom. The first-order valence-electron chi connectivity index (χ1n) is 17.3. The molecule has 0 atom stereocenters. The number of ether oxygens (including phenoxy) is 1. The summed E-state index contributed by atoms with van der Waals surface area (Å²) in [6.07, 6.45) is 11.5. The van der Waals surface area contributed by atoms with E-state index in [2.05, 4.69) is 26.0 Å². The first-order chi connectivity index (χ1) is 23.8. The van der Waals surface area contributed by atoms with E-state index in [1.165, 1.54) is 38.0 Å². The Kier molecular flexibility index (Phi) is 8.84. The standard InChI is InChI=1S/C40H42N4O5/c1-43-32-13-7-6-12-31(32)37-36(27-10-4-3-5-11-27)30-20-17-28(24-33(30)44(37)25-34(43)45)38(47)42-40(22-8-9-23-40)39(48)41-29-18-14-26(15-19-29)16-21-35(46)49-2/h6-7,12-21,24,27H,3-5,8-11,22-23,25H2,1-2H3,(H,41,48)(H,42,47)/b21-16+. The molecule has 2 fully saturated rings. The number of amides is 3. The number of anilines is 2. The van der Waals surface area contributed by atoms with Gasteiger partial charge in [0.2, 0.25) is 11.8 Å². The molecule has 3 aliphatic rings. The Morgan fingerprint density at radius 2 is 1.65 bits per heavy atom. The molecule has 9 heteroatoms. The van der Waals surface area contributed by atoms with Crippen LogP contribution < -0.4 is 15.5 Å². The Balaban J connectivity index is 1.21. The summed E-state index contributed by atoms with van der Waals surface area (Å²) in [5, 5.41) is 7.23. The predicted molar refractivity (Wildman–Crippen MR) is 191 cm³/mol. The molecule has 0 unspecified atom stereocenters. The molecule has 0 saturated heterocycles. The Bertz CT molecular complexity index is 1960. The van der Waals surface area contributed by atoms with Gasteiger partial charge < -0.3 is 24.8 Å². The number of nitrogens with zero attached hydrogens (tertiary/aromatic N) is 2. The van der Waals surface area contributed by atoms with Crippen molar-refractivity contribution in [1.82, 2.24) is 9.88 Å². The van der Waals surface area contributed by atoms with Crippen molar-refractivity contribution >= 4 is 52.0 Å². The van der Waals surface area contributed by atoms with E-state index in [1.807, 2.05) is 43.4 Å². The number of hydrogen-bond donors (Lipinski definition) is 2. The van der Waals surface area contributed by atoms with Crippen LogP contribution in [0.1, 0.15) is 85.2 Å². The monoisotopic (exact) mass is 658 g/mol. The van der Waals surface area contributed by atoms with Gasteiger partial charge >= 0.3 is 5.97 Å². The average Bonchev–Trinajstić information content (AvgIpc) is 3.71. The van der Waals surface area contributed by atoms with Crippen LogP contribution in [0.25, 0.3) is 28.2 Å². The zero-order valence-electron chi connectivity index (χ0n) is 28.1. The predicted octanol–water partition coefficient (Wildman–Crippen LogP) is 7.20. The van der Waals surface area contributed by atoms with Gasteiger partial charge in [-0.25, -0.2) is 4.79 Å². The maximum Gasteiger partial charge on any atom is 0.330 e. The van der Waals surface area contributed by atoms with Crippen LogP contribution in [-0.4, -0.2) is 48.0 Å². The van der Waals surface area contributed by atoms with Gasteiger partial charge in [0, 0.05) is 35.3 Å². The molecule has 0 bridgehead atoms. The average molecular weight is 659 g/mol. The molecule has 3 amide bonds. The number of fused-ring (bicyclic) bond motifs is 5. The number of rotatable bonds is 7. The first-order valence-corrected chi connectivity index (χ1v) is 17.3. The lowest BCUT2D eigenvalue weighted by Crippen LogP contribution is -2.55. The number of likely N-dealkylation sites (N-methyl/N-ethyl adjacent to an activating group) is 1. The molecular formula is C40H42N4O5. The fraction of sp³-hybridized carbons (Fsp3) is 0.350. The number of carbonyl (C=O) groups is 4. The van der Waals surface area contributed by atoms with Gasteiger partial charge in [0.05, 0.1) is 24.0 Å². The van der Waals surface area contributed by atoms with E-state index < -0.39 is 11.5 Å². The molecular weight excluding hydrogens is 616 g/mol. The number of nitrogens with one attached hydrogen (secondary N) is 2. The second-order valence-electron chi connectivity index (χ2n) is 13.6. The summed E-state index contributed by atoms with van der Waals surface area (Å²) in [5.41, 5.74) is 5.95. The fourth-order valence-electron chi connectivity index (χ4n) is 7.96. The largest absolute Gasteiger partial charge is 0.466 e. The summed E-state index contributed by atoms with van der Waals surface area (Å²) >= 11 is 0. The van der Waals surface area contributed by atoms with Crippen molar-refractivity contribution in [2.75, 3.05) is 24.4 Å². The molecule has 2 aliphatic carbocycles. The van der Waals surface area contributed by atoms with Crippen LogP contribution in [0.4, 0.5) is 11.4 Å². The SMILES string of the molecule is COC(=O)/C=C/c1ccc(NC(=O)C2(NC(=O)c3ccc4c(C5CCCCC5)c5n(c4c3)CC(=O)N(C)c3ccccc3-5)CCCC2)cc1. The van der Waals surface area contributed by atoms with Crippen molar-refractivity contribution < 1.29 is 23.9 Å². The van der Waals surface area contributed by atoms with Gasteiger partial charge in [-0.2, -0.15) is 0 Å². The smallest absolute Gasteiger partial charge is 0.330 e. The van der Waals surface area contributed by atoms with Crippen LogP contribution in [0.2, 0.25) is 0 Å². The van der Waals surface area contributed by atoms with Crippen molar-refractivity contribution in [3.8, 4) is 11.3 Å². The topological polar surface area (TPSA) is 110 Å². The number of hydrogen-bond acceptors (Lipinski definition) is 5. The van der Waals surface area contributed by atoms with Gasteiger partial charge in [0.1, 0.15) is 12.1 Å². The van der Waals surface area contributed by atoms with Crippen LogP contribution in [0.3, 0.4) is 0 Å². The Morgan fingerprint density at radius 3 is 2.39 bits per heavy atom. The molecule has 1 aliphatic heterocycles. The molecule has 4 aromatic rings. The lowest BCUT2D eigenvalue weighted by molar-refractivity contribution is -0.134. The third-order valence-corrected chi connectivity index (χ3v) is 10.6. The van der Waals surface area contributed by atoms with Crippen molar-refractivity contribution in [2.24, 2.45) is 0 Å². The van der Waals surface area contributed by atoms with Gasteiger partial charge in [-0.3, -0.25) is 14.4 Å². The summed E-state index contributed by atoms with van der Waals surface area (Å²) in [5.74, 6) is -0.642. The molecule has 252 valence electrons. The zero-order valence-corrected chi connectivity index (χ0v) is 28.1. The number of esters is 1. The number of methoxy groups -OCH3 is 1. The highest BCUT2D eigenvalue weighted by Crippen LogP contribution is 2.47. The van der Waals surface area contributed by atoms with E-state index in [1.54, 1.807) is 35.2 Å². The zero-order chi connectivity index (χ0) is 34.1. The van der Waals surface area contributed by atoms with E-state index in [0.717, 1.165) is 59.1 Å². The molecule has 3 aromatic carbocycles. The molecule has 0 radical (unpaired) electrons. The maximum absolute atomic E-state index is 14.0. The van der Waals surface area contributed by atoms with Gasteiger partial charge in [0.15, 0.2) is 0 Å². The summed E-state index contributed by atoms with van der Waals surface area (Å²) < 4.78 is 6.76. The number of para-hydroxylation sites is 1. The Labute approximate surface area is 286 Å². The van der Waals surface area contributed by atoms with E-state index in [9.17, 15) is 19.2 Å². The molecule has 2 saturated carbocycles. The van der Waals surface area contributed by atoms with Crippen molar-refractivity contribution in [3.63, 3.8) is 0 Å². The highest BCUT2D eigenvalue weighted by atomic mass is 16.5. The van der Waals surface area contributed by atoms with E-state index in [0.29, 0.717) is 30.0 Å². The minimum atomic E-state index is -1.05. The summed E-state index contributed by atoms with van der Waals surface area (Å²) in [6.45, 7) is 0.179. The second-order valence-corrected chi connectivity index (χ2v) is 13.6. The molecule has 0 spiro atoms. The summed E-state index contributed by atoms with van der Waals surface area (Å²) in [4.78, 5) is 54.5. The highest BCUT2D eigenvalue weighted by Gasteiger charge is 2.43. The lowest BCUT2D eigenvalue weighted by Gasteiger charge is -2.29. The fourth-order valence-corrected chi connectivity index (χ4v) is 7.96. The molecule has 9 nitrogen and oxygen atoms in total. The van der Waals surface area contributed by atoms with Crippen LogP contribution in [-0.2, 0) is 25.7 Å². The maximum atomic E-state index is 14.0. The summed E-state index contributed by atoms with van der Waals surface area (Å²) in [6, 6.07) is 21.1. The van der Waals surface area contributed by atoms with Gasteiger partial charge in [0.25, 0.3) is 5.91 Å². The van der Waals surface area contributed by atoms with Crippen LogP contribution >= 0.6 is 0 Å². The van der Waals surface area contributed by atoms with Gasteiger partial charge in [-0.15, -0.1) is 0 Å².